The van der Waals surface area contributed by atoms with Crippen molar-refractivity contribution in [3.8, 4) is 0 Å². The number of carbonyl (C=O) groups excluding carboxylic acids is 1. The molecule has 1 amide bonds. The van der Waals surface area contributed by atoms with Gasteiger partial charge in [0.15, 0.2) is 0 Å². The van der Waals surface area contributed by atoms with Crippen molar-refractivity contribution in [2.75, 3.05) is 5.32 Å². The van der Waals surface area contributed by atoms with Gasteiger partial charge in [-0.05, 0) is 0 Å². The lowest BCUT2D eigenvalue weighted by atomic mass is 10.3. The molecule has 0 saturated heterocycles. The first kappa shape index (κ1) is 11.0. The highest BCUT2D eigenvalue weighted by Crippen LogP contribution is 2.20. The molecule has 0 atom stereocenters. The van der Waals surface area contributed by atoms with E-state index in [4.69, 9.17) is 5.11 Å². The van der Waals surface area contributed by atoms with Crippen LogP contribution in [0.25, 0.3) is 0 Å². The Balaban J connectivity index is 2.86. The molecule has 0 aliphatic heterocycles. The predicted octanol–water partition coefficient (Wildman–Crippen LogP) is 0.874. The summed E-state index contributed by atoms with van der Waals surface area (Å²) >= 11 is 0. The fourth-order valence-electron chi connectivity index (χ4n) is 0.656. The number of carbonyl (C=O) groups is 2. The lowest BCUT2D eigenvalue weighted by Gasteiger charge is -2.04. The van der Waals surface area contributed by atoms with Gasteiger partial charge in [0.1, 0.15) is 5.56 Å². The molecule has 0 bridgehead atoms. The third-order valence-electron chi connectivity index (χ3n) is 1.29. The minimum atomic E-state index is -5.12. The number of rotatable bonds is 2. The Morgan fingerprint density at radius 2 is 2.07 bits per heavy atom. The average Bonchev–Trinajstić information content (AvgIpc) is 2.50. The molecular formula is C6H3F3N2O4. The van der Waals surface area contributed by atoms with Gasteiger partial charge in [-0.1, -0.05) is 5.16 Å². The second kappa shape index (κ2) is 3.59. The predicted molar refractivity (Wildman–Crippen MR) is 38.1 cm³/mol. The Morgan fingerprint density at radius 1 is 1.47 bits per heavy atom. The molecule has 2 N–H and O–H groups in total. The molecule has 0 aliphatic carbocycles. The van der Waals surface area contributed by atoms with E-state index in [0.717, 1.165) is 0 Å². The Bertz CT molecular complexity index is 397. The Morgan fingerprint density at radius 3 is 2.53 bits per heavy atom. The Labute approximate surface area is 79.7 Å². The summed E-state index contributed by atoms with van der Waals surface area (Å²) in [7, 11) is 0. The number of nitrogens with one attached hydrogen (secondary N) is 1. The van der Waals surface area contributed by atoms with Gasteiger partial charge in [0.2, 0.25) is 5.88 Å². The van der Waals surface area contributed by atoms with Crippen LogP contribution in [-0.4, -0.2) is 28.3 Å². The van der Waals surface area contributed by atoms with Crippen LogP contribution < -0.4 is 5.32 Å². The lowest BCUT2D eigenvalue weighted by molar-refractivity contribution is -0.167. The fourth-order valence-corrected chi connectivity index (χ4v) is 0.656. The zero-order chi connectivity index (χ0) is 11.6. The van der Waals surface area contributed by atoms with Crippen LogP contribution >= 0.6 is 0 Å². The van der Waals surface area contributed by atoms with E-state index in [1.165, 1.54) is 5.32 Å². The number of alkyl halides is 3. The second-order valence-electron chi connectivity index (χ2n) is 2.33. The number of amides is 1. The molecule has 1 heterocycles. The third-order valence-corrected chi connectivity index (χ3v) is 1.29. The number of carboxylic acids is 1. The molecule has 0 fully saturated rings. The van der Waals surface area contributed by atoms with Crippen molar-refractivity contribution < 1.29 is 32.4 Å². The summed E-state index contributed by atoms with van der Waals surface area (Å²) in [6.45, 7) is 0. The highest BCUT2D eigenvalue weighted by molar-refractivity contribution is 6.00. The summed E-state index contributed by atoms with van der Waals surface area (Å²) in [4.78, 5) is 20.8. The molecule has 0 unspecified atom stereocenters. The van der Waals surface area contributed by atoms with Crippen molar-refractivity contribution in [3.63, 3.8) is 0 Å². The molecule has 0 saturated carbocycles. The minimum absolute atomic E-state index is 0.660. The van der Waals surface area contributed by atoms with Crippen LogP contribution in [0.2, 0.25) is 0 Å². The van der Waals surface area contributed by atoms with Crippen LogP contribution in [0.5, 0.6) is 0 Å². The van der Waals surface area contributed by atoms with Gasteiger partial charge in [0.25, 0.3) is 0 Å². The average molecular weight is 224 g/mol. The fraction of sp³-hybridized carbons (Fsp3) is 0.167. The van der Waals surface area contributed by atoms with Crippen molar-refractivity contribution in [2.24, 2.45) is 0 Å². The van der Waals surface area contributed by atoms with Crippen molar-refractivity contribution in [1.29, 1.82) is 0 Å². The maximum atomic E-state index is 11.8. The van der Waals surface area contributed by atoms with Gasteiger partial charge in [0, 0.05) is 0 Å². The number of anilines is 1. The molecule has 0 aliphatic rings. The minimum Gasteiger partial charge on any atom is -0.477 e. The first-order valence-corrected chi connectivity index (χ1v) is 3.38. The van der Waals surface area contributed by atoms with Crippen molar-refractivity contribution in [2.45, 2.75) is 6.18 Å². The number of halogens is 3. The van der Waals surface area contributed by atoms with E-state index in [0.29, 0.717) is 6.20 Å². The van der Waals surface area contributed by atoms with Crippen LogP contribution in [0, 0.1) is 0 Å². The summed E-state index contributed by atoms with van der Waals surface area (Å²) < 4.78 is 39.4. The molecule has 0 spiro atoms. The number of hydrogen-bond acceptors (Lipinski definition) is 4. The number of carboxylic acid groups (broad SMARTS) is 1. The van der Waals surface area contributed by atoms with E-state index in [-0.39, 0.29) is 0 Å². The van der Waals surface area contributed by atoms with E-state index >= 15 is 0 Å². The normalized spacial score (nSPS) is 11.1. The first-order valence-electron chi connectivity index (χ1n) is 3.38. The third kappa shape index (κ3) is 2.45. The van der Waals surface area contributed by atoms with Crippen LogP contribution in [0.4, 0.5) is 19.1 Å². The van der Waals surface area contributed by atoms with E-state index in [9.17, 15) is 22.8 Å². The molecule has 0 aromatic carbocycles. The highest BCUT2D eigenvalue weighted by atomic mass is 19.4. The van der Waals surface area contributed by atoms with Gasteiger partial charge >= 0.3 is 18.1 Å². The summed E-state index contributed by atoms with van der Waals surface area (Å²) in [5.74, 6) is -4.75. The van der Waals surface area contributed by atoms with E-state index in [2.05, 4.69) is 9.68 Å². The standard InChI is InChI=1S/C6H3F3N2O4/c7-6(8,9)5(14)11-3-2(4(12)13)1-10-15-3/h1H,(H,11,14)(H,12,13). The Hall–Kier alpha value is -2.06. The SMILES string of the molecule is O=C(O)c1cnoc1NC(=O)C(F)(F)F. The van der Waals surface area contributed by atoms with Crippen LogP contribution in [-0.2, 0) is 4.79 Å². The molecule has 1 aromatic rings. The molecule has 1 rings (SSSR count). The summed E-state index contributed by atoms with van der Waals surface area (Å²) in [5, 5.41) is 12.6. The van der Waals surface area contributed by atoms with Crippen LogP contribution in [0.1, 0.15) is 10.4 Å². The molecule has 9 heteroatoms. The molecule has 6 nitrogen and oxygen atoms in total. The molecular weight excluding hydrogens is 221 g/mol. The maximum Gasteiger partial charge on any atom is 0.471 e. The number of aromatic carboxylic acids is 1. The second-order valence-corrected chi connectivity index (χ2v) is 2.33. The number of hydrogen-bond donors (Lipinski definition) is 2. The molecule has 82 valence electrons. The van der Waals surface area contributed by atoms with E-state index in [1.807, 2.05) is 0 Å². The van der Waals surface area contributed by atoms with E-state index in [1.54, 1.807) is 0 Å². The summed E-state index contributed by atoms with van der Waals surface area (Å²) in [6.07, 6.45) is -4.45. The maximum absolute atomic E-state index is 11.8. The zero-order valence-electron chi connectivity index (χ0n) is 6.83. The van der Waals surface area contributed by atoms with Gasteiger partial charge in [-0.25, -0.2) is 4.79 Å². The quantitative estimate of drug-likeness (QED) is 0.777. The monoisotopic (exact) mass is 224 g/mol. The lowest BCUT2D eigenvalue weighted by Crippen LogP contribution is -2.30. The smallest absolute Gasteiger partial charge is 0.471 e. The van der Waals surface area contributed by atoms with E-state index < -0.39 is 29.5 Å². The molecule has 1 aromatic heterocycles. The zero-order valence-corrected chi connectivity index (χ0v) is 6.83. The summed E-state index contributed by atoms with van der Waals surface area (Å²) in [6, 6.07) is 0. The topological polar surface area (TPSA) is 92.4 Å². The highest BCUT2D eigenvalue weighted by Gasteiger charge is 2.40. The Kier molecular flexibility index (Phi) is 2.64. The molecule has 15 heavy (non-hydrogen) atoms. The van der Waals surface area contributed by atoms with Gasteiger partial charge < -0.3 is 9.63 Å². The molecule has 0 radical (unpaired) electrons. The van der Waals surface area contributed by atoms with Gasteiger partial charge in [-0.3, -0.25) is 10.1 Å². The van der Waals surface area contributed by atoms with Crippen LogP contribution in [0.15, 0.2) is 10.7 Å². The largest absolute Gasteiger partial charge is 0.477 e. The van der Waals surface area contributed by atoms with Gasteiger partial charge in [0.05, 0.1) is 6.20 Å². The number of aromatic nitrogens is 1. The van der Waals surface area contributed by atoms with Crippen molar-refractivity contribution in [1.82, 2.24) is 5.16 Å². The van der Waals surface area contributed by atoms with Crippen LogP contribution in [0.3, 0.4) is 0 Å². The van der Waals surface area contributed by atoms with Gasteiger partial charge in [-0.2, -0.15) is 13.2 Å². The summed E-state index contributed by atoms with van der Waals surface area (Å²) in [5.41, 5.74) is -0.660. The van der Waals surface area contributed by atoms with Crippen molar-refractivity contribution >= 4 is 17.8 Å². The first-order chi connectivity index (χ1) is 6.82. The number of nitrogens with zero attached hydrogens (tertiary/aromatic N) is 1. The van der Waals surface area contributed by atoms with Gasteiger partial charge in [-0.15, -0.1) is 0 Å². The van der Waals surface area contributed by atoms with Crippen molar-refractivity contribution in [3.05, 3.63) is 11.8 Å².